The van der Waals surface area contributed by atoms with E-state index in [0.29, 0.717) is 11.3 Å². The molecule has 5 heteroatoms. The normalized spacial score (nSPS) is 11.7. The van der Waals surface area contributed by atoms with Gasteiger partial charge in [-0.25, -0.2) is 14.2 Å². The van der Waals surface area contributed by atoms with Crippen LogP contribution in [0.4, 0.5) is 8.78 Å². The Morgan fingerprint density at radius 2 is 1.91 bits per heavy atom. The summed E-state index contributed by atoms with van der Waals surface area (Å²) in [6, 6.07) is 11.6. The second kappa shape index (κ2) is 7.26. The number of amides is 1. The molecular formula is C17H14F2N2O. The van der Waals surface area contributed by atoms with E-state index in [0.717, 1.165) is 6.07 Å². The molecule has 2 aromatic rings. The lowest BCUT2D eigenvalue weighted by Gasteiger charge is -2.00. The summed E-state index contributed by atoms with van der Waals surface area (Å²) in [4.78, 5) is 11.8. The van der Waals surface area contributed by atoms with Crippen LogP contribution in [0.25, 0.3) is 6.08 Å². The van der Waals surface area contributed by atoms with E-state index in [4.69, 9.17) is 0 Å². The van der Waals surface area contributed by atoms with Crippen molar-refractivity contribution in [2.75, 3.05) is 0 Å². The molecule has 0 heterocycles. The molecule has 0 aromatic heterocycles. The molecule has 1 amide bonds. The van der Waals surface area contributed by atoms with Gasteiger partial charge in [-0.1, -0.05) is 30.3 Å². The average molecular weight is 300 g/mol. The summed E-state index contributed by atoms with van der Waals surface area (Å²) in [5.74, 6) is -1.35. The number of rotatable bonds is 4. The number of carbonyl (C=O) groups excluding carboxylic acids is 1. The van der Waals surface area contributed by atoms with Crippen molar-refractivity contribution in [2.24, 2.45) is 5.10 Å². The number of carbonyl (C=O) groups is 1. The molecule has 3 nitrogen and oxygen atoms in total. The third kappa shape index (κ3) is 4.34. The fourth-order valence-electron chi connectivity index (χ4n) is 1.69. The first kappa shape index (κ1) is 15.6. The SMILES string of the molecule is CC(C=Cc1ccccc1F)=NNC(=O)c1cccc(F)c1. The van der Waals surface area contributed by atoms with Gasteiger partial charge in [0.25, 0.3) is 5.91 Å². The van der Waals surface area contributed by atoms with Crippen LogP contribution in [0, 0.1) is 11.6 Å². The fourth-order valence-corrected chi connectivity index (χ4v) is 1.69. The molecule has 1 N–H and O–H groups in total. The number of benzene rings is 2. The minimum atomic E-state index is -0.516. The summed E-state index contributed by atoms with van der Waals surface area (Å²) in [6.45, 7) is 1.66. The first-order valence-electron chi connectivity index (χ1n) is 6.59. The Labute approximate surface area is 127 Å². The van der Waals surface area contributed by atoms with Crippen molar-refractivity contribution in [2.45, 2.75) is 6.92 Å². The Hall–Kier alpha value is -2.82. The van der Waals surface area contributed by atoms with Gasteiger partial charge in [-0.15, -0.1) is 0 Å². The van der Waals surface area contributed by atoms with E-state index >= 15 is 0 Å². The summed E-state index contributed by atoms with van der Waals surface area (Å²) >= 11 is 0. The molecule has 0 aliphatic heterocycles. The second-order valence-electron chi connectivity index (χ2n) is 4.56. The summed E-state index contributed by atoms with van der Waals surface area (Å²) in [5, 5.41) is 3.86. The lowest BCUT2D eigenvalue weighted by molar-refractivity contribution is 0.0954. The molecule has 0 fully saturated rings. The third-order valence-corrected chi connectivity index (χ3v) is 2.83. The number of hydrogen-bond acceptors (Lipinski definition) is 2. The predicted octanol–water partition coefficient (Wildman–Crippen LogP) is 3.78. The highest BCUT2D eigenvalue weighted by atomic mass is 19.1. The second-order valence-corrected chi connectivity index (χ2v) is 4.56. The molecule has 0 aliphatic carbocycles. The average Bonchev–Trinajstić information content (AvgIpc) is 2.52. The smallest absolute Gasteiger partial charge is 0.267 e. The molecular weight excluding hydrogens is 286 g/mol. The molecule has 112 valence electrons. The van der Waals surface area contributed by atoms with Crippen LogP contribution in [0.2, 0.25) is 0 Å². The molecule has 0 saturated heterocycles. The highest BCUT2D eigenvalue weighted by Gasteiger charge is 2.04. The van der Waals surface area contributed by atoms with Crippen molar-refractivity contribution in [3.8, 4) is 0 Å². The first-order valence-corrected chi connectivity index (χ1v) is 6.59. The molecule has 0 aliphatic rings. The van der Waals surface area contributed by atoms with Gasteiger partial charge in [-0.3, -0.25) is 4.79 Å². The van der Waals surface area contributed by atoms with Crippen LogP contribution in [0.15, 0.2) is 59.7 Å². The van der Waals surface area contributed by atoms with Crippen molar-refractivity contribution in [3.05, 3.63) is 77.4 Å². The van der Waals surface area contributed by atoms with Crippen molar-refractivity contribution < 1.29 is 13.6 Å². The van der Waals surface area contributed by atoms with Crippen LogP contribution in [-0.4, -0.2) is 11.6 Å². The van der Waals surface area contributed by atoms with Crippen molar-refractivity contribution >= 4 is 17.7 Å². The maximum atomic E-state index is 13.4. The zero-order chi connectivity index (χ0) is 15.9. The number of nitrogens with zero attached hydrogens (tertiary/aromatic N) is 1. The number of hydrazone groups is 1. The van der Waals surface area contributed by atoms with Gasteiger partial charge in [0.05, 0.1) is 5.71 Å². The van der Waals surface area contributed by atoms with E-state index in [-0.39, 0.29) is 11.4 Å². The standard InChI is InChI=1S/C17H14F2N2O/c1-12(9-10-13-5-2-3-8-16(13)19)20-21-17(22)14-6-4-7-15(18)11-14/h2-11H,1H3,(H,21,22). The fraction of sp³-hybridized carbons (Fsp3) is 0.0588. The molecule has 0 unspecified atom stereocenters. The van der Waals surface area contributed by atoms with Gasteiger partial charge in [0.2, 0.25) is 0 Å². The van der Waals surface area contributed by atoms with Crippen LogP contribution < -0.4 is 5.43 Å². The number of nitrogens with one attached hydrogen (secondary N) is 1. The minimum absolute atomic E-state index is 0.176. The van der Waals surface area contributed by atoms with Crippen molar-refractivity contribution in [1.82, 2.24) is 5.43 Å². The lowest BCUT2D eigenvalue weighted by Crippen LogP contribution is -2.18. The lowest BCUT2D eigenvalue weighted by atomic mass is 10.2. The maximum Gasteiger partial charge on any atom is 0.271 e. The van der Waals surface area contributed by atoms with Gasteiger partial charge in [0.1, 0.15) is 11.6 Å². The number of halogens is 2. The van der Waals surface area contributed by atoms with Crippen molar-refractivity contribution in [1.29, 1.82) is 0 Å². The Morgan fingerprint density at radius 3 is 2.64 bits per heavy atom. The molecule has 0 saturated carbocycles. The minimum Gasteiger partial charge on any atom is -0.267 e. The van der Waals surface area contributed by atoms with Crippen LogP contribution in [-0.2, 0) is 0 Å². The van der Waals surface area contributed by atoms with E-state index in [9.17, 15) is 13.6 Å². The third-order valence-electron chi connectivity index (χ3n) is 2.83. The Bertz CT molecular complexity index is 739. The van der Waals surface area contributed by atoms with Gasteiger partial charge in [-0.05, 0) is 37.3 Å². The topological polar surface area (TPSA) is 41.5 Å². The zero-order valence-corrected chi connectivity index (χ0v) is 11.9. The van der Waals surface area contributed by atoms with Crippen LogP contribution in [0.3, 0.4) is 0 Å². The highest BCUT2D eigenvalue weighted by Crippen LogP contribution is 2.08. The quantitative estimate of drug-likeness (QED) is 0.677. The largest absolute Gasteiger partial charge is 0.271 e. The van der Waals surface area contributed by atoms with Gasteiger partial charge in [0, 0.05) is 11.1 Å². The van der Waals surface area contributed by atoms with Crippen LogP contribution in [0.1, 0.15) is 22.8 Å². The number of hydrogen-bond donors (Lipinski definition) is 1. The molecule has 0 atom stereocenters. The van der Waals surface area contributed by atoms with Gasteiger partial charge >= 0.3 is 0 Å². The van der Waals surface area contributed by atoms with Gasteiger partial charge < -0.3 is 0 Å². The Morgan fingerprint density at radius 1 is 1.14 bits per heavy atom. The van der Waals surface area contributed by atoms with E-state index in [1.807, 2.05) is 0 Å². The van der Waals surface area contributed by atoms with Gasteiger partial charge in [0.15, 0.2) is 0 Å². The molecule has 2 rings (SSSR count). The molecule has 0 bridgehead atoms. The first-order chi connectivity index (χ1) is 10.6. The molecule has 2 aromatic carbocycles. The summed E-state index contributed by atoms with van der Waals surface area (Å²) in [5.41, 5.74) is 3.39. The van der Waals surface area contributed by atoms with Crippen molar-refractivity contribution in [3.63, 3.8) is 0 Å². The molecule has 0 spiro atoms. The number of allylic oxidation sites excluding steroid dienone is 1. The summed E-state index contributed by atoms with van der Waals surface area (Å²) in [6.07, 6.45) is 3.13. The predicted molar refractivity (Wildman–Crippen MR) is 82.4 cm³/mol. The summed E-state index contributed by atoms with van der Waals surface area (Å²) < 4.78 is 26.4. The highest BCUT2D eigenvalue weighted by molar-refractivity contribution is 5.99. The van der Waals surface area contributed by atoms with Gasteiger partial charge in [-0.2, -0.15) is 5.10 Å². The van der Waals surface area contributed by atoms with Crippen LogP contribution in [0.5, 0.6) is 0 Å². The van der Waals surface area contributed by atoms with E-state index in [2.05, 4.69) is 10.5 Å². The van der Waals surface area contributed by atoms with E-state index in [1.54, 1.807) is 37.3 Å². The Kier molecular flexibility index (Phi) is 5.14. The molecule has 0 radical (unpaired) electrons. The Balaban J connectivity index is 2.01. The molecule has 22 heavy (non-hydrogen) atoms. The monoisotopic (exact) mass is 300 g/mol. The maximum absolute atomic E-state index is 13.4. The van der Waals surface area contributed by atoms with E-state index < -0.39 is 11.7 Å². The summed E-state index contributed by atoms with van der Waals surface area (Å²) in [7, 11) is 0. The zero-order valence-electron chi connectivity index (χ0n) is 11.9. The van der Waals surface area contributed by atoms with Crippen LogP contribution >= 0.6 is 0 Å². The van der Waals surface area contributed by atoms with E-state index in [1.165, 1.54) is 24.3 Å².